The summed E-state index contributed by atoms with van der Waals surface area (Å²) >= 11 is 0. The van der Waals surface area contributed by atoms with Gasteiger partial charge >= 0.3 is 11.9 Å². The molecule has 0 aliphatic carbocycles. The van der Waals surface area contributed by atoms with Crippen LogP contribution in [0.2, 0.25) is 0 Å². The van der Waals surface area contributed by atoms with Crippen LogP contribution in [0.4, 0.5) is 0 Å². The Morgan fingerprint density at radius 2 is 0.935 bits per heavy atom. The minimum absolute atomic E-state index is 0.000411. The van der Waals surface area contributed by atoms with Gasteiger partial charge in [-0.2, -0.15) is 0 Å². The predicted molar refractivity (Wildman–Crippen MR) is 171 cm³/mol. The van der Waals surface area contributed by atoms with Crippen molar-refractivity contribution < 1.29 is 48.2 Å². The van der Waals surface area contributed by atoms with Crippen LogP contribution in [-0.4, -0.2) is 62.8 Å². The molecule has 12 heteroatoms. The quantitative estimate of drug-likeness (QED) is 0.127. The Kier molecular flexibility index (Phi) is 8.33. The number of benzene rings is 5. The Morgan fingerprint density at radius 3 is 1.22 bits per heavy atom. The minimum atomic E-state index is -0.736. The van der Waals surface area contributed by atoms with E-state index in [1.807, 2.05) is 0 Å². The number of fused-ring (bicyclic) bond motifs is 2. The van der Waals surface area contributed by atoms with Crippen LogP contribution in [0.25, 0.3) is 43.1 Å². The van der Waals surface area contributed by atoms with Crippen LogP contribution >= 0.6 is 0 Å². The van der Waals surface area contributed by atoms with Crippen molar-refractivity contribution in [2.45, 2.75) is 52.7 Å². The fourth-order valence-electron chi connectivity index (χ4n) is 6.71. The van der Waals surface area contributed by atoms with Gasteiger partial charge < -0.3 is 38.6 Å². The normalized spacial score (nSPS) is 12.9. The number of carbonyl (C=O) groups excluding carboxylic acids is 2. The second kappa shape index (κ2) is 11.9. The van der Waals surface area contributed by atoms with E-state index in [2.05, 4.69) is 0 Å². The first-order valence-electron chi connectivity index (χ1n) is 14.4. The number of methoxy groups -OCH3 is 4. The maximum absolute atomic E-state index is 13.7. The molecule has 0 heterocycles. The number of rotatable bonds is 10. The Hall–Kier alpha value is -5.26. The van der Waals surface area contributed by atoms with Crippen molar-refractivity contribution >= 4 is 55.0 Å². The molecular weight excluding hydrogens is 600 g/mol. The van der Waals surface area contributed by atoms with E-state index >= 15 is 0 Å². The predicted octanol–water partition coefficient (Wildman–Crippen LogP) is 4.33. The van der Waals surface area contributed by atoms with E-state index in [1.165, 1.54) is 54.4 Å². The molecule has 0 unspecified atom stereocenters. The van der Waals surface area contributed by atoms with Gasteiger partial charge in [-0.1, -0.05) is 0 Å². The number of phenolic OH excluding ortho intramolecular Hbond substituents is 2. The molecule has 0 bridgehead atoms. The highest BCUT2D eigenvalue weighted by molar-refractivity contribution is 6.38. The van der Waals surface area contributed by atoms with Crippen molar-refractivity contribution in [3.05, 3.63) is 43.7 Å². The lowest BCUT2D eigenvalue weighted by Gasteiger charge is -2.26. The van der Waals surface area contributed by atoms with Crippen LogP contribution in [-0.2, 0) is 31.9 Å². The van der Waals surface area contributed by atoms with Gasteiger partial charge in [0.2, 0.25) is 0 Å². The molecule has 0 amide bonds. The van der Waals surface area contributed by atoms with Gasteiger partial charge in [0, 0.05) is 71.5 Å². The zero-order chi connectivity index (χ0) is 33.8. The van der Waals surface area contributed by atoms with Crippen molar-refractivity contribution in [3.63, 3.8) is 0 Å². The molecule has 0 fully saturated rings. The zero-order valence-electron chi connectivity index (χ0n) is 26.7. The number of phenols is 2. The summed E-state index contributed by atoms with van der Waals surface area (Å²) in [6.45, 7) is 5.85. The van der Waals surface area contributed by atoms with Gasteiger partial charge in [-0.05, 0) is 24.6 Å². The van der Waals surface area contributed by atoms with Gasteiger partial charge in [-0.25, -0.2) is 0 Å². The van der Waals surface area contributed by atoms with E-state index < -0.39 is 46.5 Å². The van der Waals surface area contributed by atoms with E-state index in [1.54, 1.807) is 13.8 Å². The van der Waals surface area contributed by atoms with Crippen molar-refractivity contribution in [2.75, 3.05) is 28.4 Å². The van der Waals surface area contributed by atoms with Crippen LogP contribution in [0.1, 0.15) is 38.8 Å². The Bertz CT molecular complexity index is 2000. The molecule has 0 spiro atoms. The third-order valence-electron chi connectivity index (χ3n) is 8.13. The maximum atomic E-state index is 13.7. The highest BCUT2D eigenvalue weighted by Gasteiger charge is 2.33. The lowest BCUT2D eigenvalue weighted by atomic mass is 9.81. The first kappa shape index (κ1) is 32.1. The largest absolute Gasteiger partial charge is 0.504 e. The first-order valence-corrected chi connectivity index (χ1v) is 14.4. The molecule has 5 aromatic rings. The molecule has 5 rings (SSSR count). The first-order chi connectivity index (χ1) is 21.8. The van der Waals surface area contributed by atoms with Crippen molar-refractivity contribution in [2.24, 2.45) is 0 Å². The van der Waals surface area contributed by atoms with Crippen molar-refractivity contribution in [1.82, 2.24) is 0 Å². The molecule has 0 aliphatic rings. The molecule has 2 N–H and O–H groups in total. The average molecular weight is 635 g/mol. The van der Waals surface area contributed by atoms with E-state index in [4.69, 9.17) is 28.4 Å². The standard InChI is InChI=1S/C34H34O12/c1-13(45-15(3)35)9-17-23-24-18(10-14(2)46-16(4)36)34(44-8)32(40)26-20(38)12-22(42-6)28(30(24)26)27-21(41-5)11-19(37)25(29(23)27)31(39)33(17)43-7/h11-14,39-40H,9-10H2,1-8H3/t13-,14-/m1/s1. The molecule has 0 saturated heterocycles. The molecule has 2 atom stereocenters. The SMILES string of the molecule is COc1c(O)c2c(=O)cc(OC)c3c4c(OC)cc(=O)c5c(O)c(OC)c(C[C@@H](C)OC(C)=O)c(c(c1C[C@@H](C)OC(C)=O)c23)c54. The van der Waals surface area contributed by atoms with Crippen LogP contribution < -0.4 is 29.8 Å². The van der Waals surface area contributed by atoms with E-state index in [9.17, 15) is 29.4 Å². The summed E-state index contributed by atoms with van der Waals surface area (Å²) in [7, 11) is 5.41. The number of ether oxygens (including phenoxy) is 6. The van der Waals surface area contributed by atoms with Gasteiger partial charge in [0.05, 0.1) is 39.2 Å². The van der Waals surface area contributed by atoms with Crippen molar-refractivity contribution in [3.8, 4) is 34.5 Å². The average Bonchev–Trinajstić information content (AvgIpc) is 2.97. The third kappa shape index (κ3) is 4.84. The molecule has 0 aromatic heterocycles. The van der Waals surface area contributed by atoms with Crippen LogP contribution in [0.15, 0.2) is 21.7 Å². The van der Waals surface area contributed by atoms with E-state index in [-0.39, 0.29) is 57.4 Å². The van der Waals surface area contributed by atoms with Gasteiger partial charge in [0.25, 0.3) is 0 Å². The highest BCUT2D eigenvalue weighted by atomic mass is 16.5. The minimum Gasteiger partial charge on any atom is -0.504 e. The lowest BCUT2D eigenvalue weighted by molar-refractivity contribution is -0.146. The lowest BCUT2D eigenvalue weighted by Crippen LogP contribution is -2.18. The van der Waals surface area contributed by atoms with E-state index in [0.29, 0.717) is 32.7 Å². The number of carbonyl (C=O) groups is 2. The van der Waals surface area contributed by atoms with Gasteiger partial charge in [-0.15, -0.1) is 0 Å². The number of hydrogen-bond donors (Lipinski definition) is 2. The van der Waals surface area contributed by atoms with Gasteiger partial charge in [0.15, 0.2) is 33.9 Å². The molecule has 46 heavy (non-hydrogen) atoms. The zero-order valence-corrected chi connectivity index (χ0v) is 26.7. The highest BCUT2D eigenvalue weighted by Crippen LogP contribution is 2.55. The Labute approximate surface area is 262 Å². The molecule has 5 aromatic carbocycles. The maximum Gasteiger partial charge on any atom is 0.302 e. The fraction of sp³-hybridized carbons (Fsp3) is 0.353. The van der Waals surface area contributed by atoms with Crippen LogP contribution in [0.3, 0.4) is 0 Å². The number of esters is 2. The number of hydrogen-bond acceptors (Lipinski definition) is 12. The second-order valence-corrected chi connectivity index (χ2v) is 11.1. The summed E-state index contributed by atoms with van der Waals surface area (Å²) < 4.78 is 33.8. The van der Waals surface area contributed by atoms with Gasteiger partial charge in [0.1, 0.15) is 23.7 Å². The second-order valence-electron chi connectivity index (χ2n) is 11.1. The molecule has 0 radical (unpaired) electrons. The fourth-order valence-corrected chi connectivity index (χ4v) is 6.71. The molecular formula is C34H34O12. The molecule has 0 saturated carbocycles. The summed E-state index contributed by atoms with van der Waals surface area (Å²) in [4.78, 5) is 51.3. The Morgan fingerprint density at radius 1 is 0.587 bits per heavy atom. The van der Waals surface area contributed by atoms with E-state index in [0.717, 1.165) is 0 Å². The Balaban J connectivity index is 2.25. The summed E-state index contributed by atoms with van der Waals surface area (Å²) in [5, 5.41) is 24.9. The smallest absolute Gasteiger partial charge is 0.302 e. The monoisotopic (exact) mass is 634 g/mol. The van der Waals surface area contributed by atoms with Gasteiger partial charge in [-0.3, -0.25) is 19.2 Å². The third-order valence-corrected chi connectivity index (χ3v) is 8.13. The topological polar surface area (TPSA) is 164 Å². The summed E-state index contributed by atoms with van der Waals surface area (Å²) in [5.74, 6) is -1.83. The van der Waals surface area contributed by atoms with Crippen molar-refractivity contribution in [1.29, 1.82) is 0 Å². The summed E-state index contributed by atoms with van der Waals surface area (Å²) in [5.41, 5.74) is -0.475. The number of aromatic hydroxyl groups is 2. The summed E-state index contributed by atoms with van der Waals surface area (Å²) in [6, 6.07) is 2.44. The molecule has 12 nitrogen and oxygen atoms in total. The van der Waals surface area contributed by atoms with Crippen LogP contribution in [0, 0.1) is 0 Å². The van der Waals surface area contributed by atoms with Crippen LogP contribution in [0.5, 0.6) is 34.5 Å². The molecule has 242 valence electrons. The molecule has 0 aliphatic heterocycles. The summed E-state index contributed by atoms with van der Waals surface area (Å²) in [6.07, 6.45) is -1.47.